The van der Waals surface area contributed by atoms with Gasteiger partial charge in [-0.1, -0.05) is 18.7 Å². The smallest absolute Gasteiger partial charge is 0.170 e. The average molecular weight is 203 g/mol. The van der Waals surface area contributed by atoms with E-state index in [-0.39, 0.29) is 6.04 Å². The van der Waals surface area contributed by atoms with Crippen molar-refractivity contribution in [1.29, 1.82) is 0 Å². The van der Waals surface area contributed by atoms with Crippen molar-refractivity contribution in [2.45, 2.75) is 30.6 Å². The minimum absolute atomic E-state index is 0.277. The van der Waals surface area contributed by atoms with E-state index in [0.29, 0.717) is 0 Å². The number of hydrogen-bond acceptors (Lipinski definition) is 5. The van der Waals surface area contributed by atoms with Gasteiger partial charge in [-0.3, -0.25) is 0 Å². The third kappa shape index (κ3) is 3.08. The quantitative estimate of drug-likeness (QED) is 0.756. The van der Waals surface area contributed by atoms with Crippen LogP contribution >= 0.6 is 23.3 Å². The fraction of sp³-hybridized carbons (Fsp3) is 0.714. The van der Waals surface area contributed by atoms with Crippen molar-refractivity contribution in [3.8, 4) is 0 Å². The minimum atomic E-state index is 0.277. The Morgan fingerprint density at radius 1 is 1.67 bits per heavy atom. The van der Waals surface area contributed by atoms with E-state index in [2.05, 4.69) is 16.3 Å². The minimum Gasteiger partial charge on any atom is -0.327 e. The van der Waals surface area contributed by atoms with Gasteiger partial charge in [-0.2, -0.15) is 4.37 Å². The van der Waals surface area contributed by atoms with Crippen LogP contribution in [0.4, 0.5) is 0 Å². The maximum Gasteiger partial charge on any atom is 0.170 e. The molecule has 0 aliphatic carbocycles. The maximum atomic E-state index is 5.76. The lowest BCUT2D eigenvalue weighted by atomic mass is 10.3. The van der Waals surface area contributed by atoms with Crippen LogP contribution in [0, 0.1) is 6.92 Å². The molecule has 1 unspecified atom stereocenters. The number of rotatable bonds is 4. The van der Waals surface area contributed by atoms with Crippen LogP contribution in [-0.4, -0.2) is 21.2 Å². The van der Waals surface area contributed by atoms with Gasteiger partial charge < -0.3 is 5.73 Å². The lowest BCUT2D eigenvalue weighted by Crippen LogP contribution is -2.21. The molecule has 0 radical (unpaired) electrons. The molecule has 1 atom stereocenters. The summed E-state index contributed by atoms with van der Waals surface area (Å²) in [6, 6.07) is 0.277. The van der Waals surface area contributed by atoms with Crippen LogP contribution in [0.3, 0.4) is 0 Å². The predicted octanol–water partition coefficient (Wildman–Crippen LogP) is 1.68. The molecule has 0 saturated carbocycles. The number of aromatic nitrogens is 2. The molecule has 0 aliphatic rings. The summed E-state index contributed by atoms with van der Waals surface area (Å²) < 4.78 is 5.11. The summed E-state index contributed by atoms with van der Waals surface area (Å²) >= 11 is 3.14. The molecule has 1 heterocycles. The van der Waals surface area contributed by atoms with E-state index in [4.69, 9.17) is 5.73 Å². The largest absolute Gasteiger partial charge is 0.327 e. The summed E-state index contributed by atoms with van der Waals surface area (Å²) in [5.74, 6) is 1.79. The Hall–Kier alpha value is -0.130. The van der Waals surface area contributed by atoms with E-state index in [0.717, 1.165) is 22.3 Å². The highest BCUT2D eigenvalue weighted by atomic mass is 32.2. The third-order valence-electron chi connectivity index (χ3n) is 1.45. The molecule has 0 amide bonds. The Labute approximate surface area is 80.9 Å². The molecule has 0 saturated heterocycles. The fourth-order valence-corrected chi connectivity index (χ4v) is 2.37. The molecule has 0 spiro atoms. The van der Waals surface area contributed by atoms with Gasteiger partial charge in [0, 0.05) is 11.8 Å². The Balaban J connectivity index is 2.33. The van der Waals surface area contributed by atoms with Gasteiger partial charge in [-0.25, -0.2) is 4.98 Å². The Morgan fingerprint density at radius 2 is 2.42 bits per heavy atom. The van der Waals surface area contributed by atoms with Crippen LogP contribution in [0.1, 0.15) is 19.2 Å². The van der Waals surface area contributed by atoms with E-state index in [1.165, 1.54) is 11.5 Å². The standard InChI is InChI=1S/C7H13N3S2/c1-3-6(8)4-11-7-9-5(2)10-12-7/h6H,3-4,8H2,1-2H3. The van der Waals surface area contributed by atoms with Gasteiger partial charge in [0.15, 0.2) is 4.34 Å². The molecule has 1 rings (SSSR count). The topological polar surface area (TPSA) is 51.8 Å². The third-order valence-corrected chi connectivity index (χ3v) is 3.57. The molecule has 68 valence electrons. The number of nitrogens with zero attached hydrogens (tertiary/aromatic N) is 2. The van der Waals surface area contributed by atoms with E-state index >= 15 is 0 Å². The molecule has 1 aromatic heterocycles. The van der Waals surface area contributed by atoms with Gasteiger partial charge in [0.2, 0.25) is 0 Å². The number of aryl methyl sites for hydroxylation is 1. The van der Waals surface area contributed by atoms with E-state index in [1.54, 1.807) is 11.8 Å². The van der Waals surface area contributed by atoms with E-state index in [9.17, 15) is 0 Å². The van der Waals surface area contributed by atoms with Crippen molar-refractivity contribution in [2.75, 3.05) is 5.75 Å². The van der Waals surface area contributed by atoms with Gasteiger partial charge in [0.05, 0.1) is 0 Å². The number of hydrogen-bond donors (Lipinski definition) is 1. The monoisotopic (exact) mass is 203 g/mol. The highest BCUT2D eigenvalue weighted by Crippen LogP contribution is 2.20. The van der Waals surface area contributed by atoms with Crippen molar-refractivity contribution < 1.29 is 0 Å². The molecule has 0 fully saturated rings. The van der Waals surface area contributed by atoms with Gasteiger partial charge in [0.25, 0.3) is 0 Å². The van der Waals surface area contributed by atoms with Crippen molar-refractivity contribution in [3.05, 3.63) is 5.82 Å². The molecule has 2 N–H and O–H groups in total. The van der Waals surface area contributed by atoms with Crippen LogP contribution in [0.5, 0.6) is 0 Å². The van der Waals surface area contributed by atoms with Crippen LogP contribution in [0.15, 0.2) is 4.34 Å². The molecule has 0 aromatic carbocycles. The van der Waals surface area contributed by atoms with Crippen molar-refractivity contribution in [3.63, 3.8) is 0 Å². The van der Waals surface area contributed by atoms with Crippen LogP contribution in [-0.2, 0) is 0 Å². The average Bonchev–Trinajstić information content (AvgIpc) is 2.47. The second-order valence-corrected chi connectivity index (χ2v) is 4.61. The summed E-state index contributed by atoms with van der Waals surface area (Å²) in [5, 5.41) is 0. The first-order valence-electron chi connectivity index (χ1n) is 3.91. The van der Waals surface area contributed by atoms with Gasteiger partial charge in [-0.15, -0.1) is 0 Å². The molecular weight excluding hydrogens is 190 g/mol. The maximum absolute atomic E-state index is 5.76. The molecule has 1 aromatic rings. The second kappa shape index (κ2) is 4.79. The van der Waals surface area contributed by atoms with Gasteiger partial charge in [-0.05, 0) is 24.9 Å². The predicted molar refractivity (Wildman–Crippen MR) is 53.6 cm³/mol. The van der Waals surface area contributed by atoms with E-state index < -0.39 is 0 Å². The highest BCUT2D eigenvalue weighted by Gasteiger charge is 2.04. The number of thioether (sulfide) groups is 1. The molecule has 12 heavy (non-hydrogen) atoms. The summed E-state index contributed by atoms with van der Waals surface area (Å²) in [6.07, 6.45) is 1.02. The van der Waals surface area contributed by atoms with Crippen molar-refractivity contribution >= 4 is 23.3 Å². The SMILES string of the molecule is CCC(N)CSc1nc(C)ns1. The zero-order valence-corrected chi connectivity index (χ0v) is 8.91. The Kier molecular flexibility index (Phi) is 3.97. The lowest BCUT2D eigenvalue weighted by Gasteiger charge is -2.04. The normalized spacial score (nSPS) is 13.2. The van der Waals surface area contributed by atoms with E-state index in [1.807, 2.05) is 6.92 Å². The van der Waals surface area contributed by atoms with Gasteiger partial charge in [0.1, 0.15) is 5.82 Å². The van der Waals surface area contributed by atoms with Crippen molar-refractivity contribution in [1.82, 2.24) is 9.36 Å². The summed E-state index contributed by atoms with van der Waals surface area (Å²) in [4.78, 5) is 4.23. The number of nitrogens with two attached hydrogens (primary N) is 1. The van der Waals surface area contributed by atoms with Crippen LogP contribution in [0.2, 0.25) is 0 Å². The first-order valence-corrected chi connectivity index (χ1v) is 5.67. The Bertz CT molecular complexity index is 236. The zero-order chi connectivity index (χ0) is 8.97. The second-order valence-electron chi connectivity index (χ2n) is 2.59. The molecule has 3 nitrogen and oxygen atoms in total. The fourth-order valence-electron chi connectivity index (χ4n) is 0.633. The van der Waals surface area contributed by atoms with Gasteiger partial charge >= 0.3 is 0 Å². The summed E-state index contributed by atoms with van der Waals surface area (Å²) in [7, 11) is 0. The molecule has 5 heteroatoms. The molecule has 0 aliphatic heterocycles. The lowest BCUT2D eigenvalue weighted by molar-refractivity contribution is 0.724. The summed E-state index contributed by atoms with van der Waals surface area (Å²) in [5.41, 5.74) is 5.76. The van der Waals surface area contributed by atoms with Crippen molar-refractivity contribution in [2.24, 2.45) is 5.73 Å². The molecular formula is C7H13N3S2. The Morgan fingerprint density at radius 3 is 2.92 bits per heavy atom. The summed E-state index contributed by atoms with van der Waals surface area (Å²) in [6.45, 7) is 4.00. The first-order chi connectivity index (χ1) is 5.72. The zero-order valence-electron chi connectivity index (χ0n) is 7.28. The van der Waals surface area contributed by atoms with Crippen LogP contribution < -0.4 is 5.73 Å². The van der Waals surface area contributed by atoms with Crippen LogP contribution in [0.25, 0.3) is 0 Å². The highest BCUT2D eigenvalue weighted by molar-refractivity contribution is 8.00. The molecule has 0 bridgehead atoms. The first kappa shape index (κ1) is 9.95.